The number of nitrogens with zero attached hydrogens (tertiary/aromatic N) is 4. The Morgan fingerprint density at radius 2 is 2.15 bits per heavy atom. The van der Waals surface area contributed by atoms with Gasteiger partial charge in [-0.3, -0.25) is 9.69 Å². The average Bonchev–Trinajstić information content (AvgIpc) is 3.11. The van der Waals surface area contributed by atoms with Crippen LogP contribution in [0.4, 0.5) is 0 Å². The smallest absolute Gasteiger partial charge is 0.251 e. The van der Waals surface area contributed by atoms with Crippen molar-refractivity contribution in [3.05, 3.63) is 11.7 Å². The maximum atomic E-state index is 12.2. The third-order valence-corrected chi connectivity index (χ3v) is 3.82. The Bertz CT molecular complexity index is 462. The van der Waals surface area contributed by atoms with Crippen LogP contribution >= 0.6 is 0 Å². The van der Waals surface area contributed by atoms with Crippen molar-refractivity contribution in [2.75, 3.05) is 32.8 Å². The Morgan fingerprint density at radius 3 is 2.75 bits per heavy atom. The molecule has 2 fully saturated rings. The number of carbonyl (C=O) groups is 1. The van der Waals surface area contributed by atoms with E-state index in [1.165, 1.54) is 0 Å². The van der Waals surface area contributed by atoms with Crippen LogP contribution in [0.1, 0.15) is 24.6 Å². The van der Waals surface area contributed by atoms with E-state index in [0.29, 0.717) is 24.9 Å². The van der Waals surface area contributed by atoms with Crippen LogP contribution < -0.4 is 0 Å². The fourth-order valence-corrected chi connectivity index (χ4v) is 2.70. The topological polar surface area (TPSA) is 71.7 Å². The molecule has 1 unspecified atom stereocenters. The summed E-state index contributed by atoms with van der Waals surface area (Å²) >= 11 is 0. The summed E-state index contributed by atoms with van der Waals surface area (Å²) in [6.07, 6.45) is 1.65. The van der Waals surface area contributed by atoms with Gasteiger partial charge < -0.3 is 14.2 Å². The highest BCUT2D eigenvalue weighted by Gasteiger charge is 2.30. The van der Waals surface area contributed by atoms with Crippen LogP contribution in [0.15, 0.2) is 4.52 Å². The number of aromatic nitrogens is 2. The molecule has 0 spiro atoms. The van der Waals surface area contributed by atoms with Crippen LogP contribution in [0.5, 0.6) is 0 Å². The van der Waals surface area contributed by atoms with Gasteiger partial charge in [0.2, 0.25) is 5.89 Å². The molecule has 7 heteroatoms. The zero-order valence-electron chi connectivity index (χ0n) is 11.7. The second-order valence-corrected chi connectivity index (χ2v) is 5.34. The van der Waals surface area contributed by atoms with Gasteiger partial charge in [0.05, 0.1) is 6.54 Å². The Hall–Kier alpha value is -1.47. The molecule has 110 valence electrons. The molecule has 2 aliphatic rings. The molecular formula is C13H20N4O3. The second-order valence-electron chi connectivity index (χ2n) is 5.34. The van der Waals surface area contributed by atoms with Crippen molar-refractivity contribution in [3.8, 4) is 0 Å². The van der Waals surface area contributed by atoms with Crippen LogP contribution in [0.25, 0.3) is 0 Å². The van der Waals surface area contributed by atoms with Crippen LogP contribution in [0.2, 0.25) is 0 Å². The molecule has 0 bridgehead atoms. The summed E-state index contributed by atoms with van der Waals surface area (Å²) in [6, 6.07) is 0. The van der Waals surface area contributed by atoms with Gasteiger partial charge in [0.15, 0.2) is 5.82 Å². The minimum Gasteiger partial charge on any atom is -0.368 e. The molecule has 2 saturated heterocycles. The van der Waals surface area contributed by atoms with Crippen LogP contribution in [-0.2, 0) is 16.1 Å². The summed E-state index contributed by atoms with van der Waals surface area (Å²) in [7, 11) is 0. The maximum absolute atomic E-state index is 12.2. The number of piperazine rings is 1. The summed E-state index contributed by atoms with van der Waals surface area (Å²) in [6.45, 7) is 6.33. The standard InChI is InChI=1S/C13H20N4O3/c1-10-14-12(20-15-10)9-16-4-6-17(7-5-16)13(18)11-3-2-8-19-11/h11H,2-9H2,1H3. The van der Waals surface area contributed by atoms with Crippen molar-refractivity contribution < 1.29 is 14.1 Å². The fraction of sp³-hybridized carbons (Fsp3) is 0.769. The Morgan fingerprint density at radius 1 is 1.35 bits per heavy atom. The van der Waals surface area contributed by atoms with E-state index in [1.54, 1.807) is 0 Å². The minimum atomic E-state index is -0.208. The third kappa shape index (κ3) is 2.99. The first-order chi connectivity index (χ1) is 9.72. The second kappa shape index (κ2) is 5.88. The lowest BCUT2D eigenvalue weighted by Crippen LogP contribution is -2.51. The summed E-state index contributed by atoms with van der Waals surface area (Å²) in [5.41, 5.74) is 0. The molecule has 2 aliphatic heterocycles. The third-order valence-electron chi connectivity index (χ3n) is 3.82. The lowest BCUT2D eigenvalue weighted by atomic mass is 10.2. The van der Waals surface area contributed by atoms with Crippen molar-refractivity contribution >= 4 is 5.91 Å². The van der Waals surface area contributed by atoms with E-state index in [2.05, 4.69) is 15.0 Å². The number of hydrogen-bond acceptors (Lipinski definition) is 6. The molecule has 1 amide bonds. The highest BCUT2D eigenvalue weighted by Crippen LogP contribution is 2.16. The molecule has 20 heavy (non-hydrogen) atoms. The maximum Gasteiger partial charge on any atom is 0.251 e. The van der Waals surface area contributed by atoms with Gasteiger partial charge in [0, 0.05) is 32.8 Å². The summed E-state index contributed by atoms with van der Waals surface area (Å²) < 4.78 is 10.6. The van der Waals surface area contributed by atoms with Crippen molar-refractivity contribution in [1.82, 2.24) is 19.9 Å². The van der Waals surface area contributed by atoms with Crippen molar-refractivity contribution in [2.45, 2.75) is 32.4 Å². The van der Waals surface area contributed by atoms with Crippen molar-refractivity contribution in [2.24, 2.45) is 0 Å². The molecule has 3 heterocycles. The molecular weight excluding hydrogens is 260 g/mol. The number of aryl methyl sites for hydroxylation is 1. The molecule has 1 atom stereocenters. The number of hydrogen-bond donors (Lipinski definition) is 0. The molecule has 0 saturated carbocycles. The Balaban J connectivity index is 1.48. The molecule has 0 aromatic carbocycles. The number of rotatable bonds is 3. The first-order valence-corrected chi connectivity index (χ1v) is 7.14. The number of amides is 1. The summed E-state index contributed by atoms with van der Waals surface area (Å²) in [5.74, 6) is 1.45. The van der Waals surface area contributed by atoms with Gasteiger partial charge in [-0.1, -0.05) is 5.16 Å². The Labute approximate surface area is 117 Å². The predicted octanol–water partition coefficient (Wildman–Crippen LogP) is 0.201. The lowest BCUT2D eigenvalue weighted by Gasteiger charge is -2.35. The lowest BCUT2D eigenvalue weighted by molar-refractivity contribution is -0.142. The van der Waals surface area contributed by atoms with Crippen molar-refractivity contribution in [1.29, 1.82) is 0 Å². The summed E-state index contributed by atoms with van der Waals surface area (Å²) in [5, 5.41) is 3.78. The predicted molar refractivity (Wildman–Crippen MR) is 69.9 cm³/mol. The highest BCUT2D eigenvalue weighted by atomic mass is 16.5. The van der Waals surface area contributed by atoms with Gasteiger partial charge in [-0.15, -0.1) is 0 Å². The van der Waals surface area contributed by atoms with Crippen LogP contribution in [0.3, 0.4) is 0 Å². The van der Waals surface area contributed by atoms with E-state index in [-0.39, 0.29) is 12.0 Å². The molecule has 1 aromatic rings. The normalized spacial score (nSPS) is 24.2. The van der Waals surface area contributed by atoms with Gasteiger partial charge in [-0.2, -0.15) is 4.98 Å². The molecule has 3 rings (SSSR count). The van der Waals surface area contributed by atoms with Gasteiger partial charge >= 0.3 is 0 Å². The highest BCUT2D eigenvalue weighted by molar-refractivity contribution is 5.81. The number of ether oxygens (including phenoxy) is 1. The fourth-order valence-electron chi connectivity index (χ4n) is 2.70. The SMILES string of the molecule is Cc1noc(CN2CCN(C(=O)C3CCCO3)CC2)n1. The minimum absolute atomic E-state index is 0.149. The number of carbonyl (C=O) groups excluding carboxylic acids is 1. The largest absolute Gasteiger partial charge is 0.368 e. The average molecular weight is 280 g/mol. The molecule has 1 aromatic heterocycles. The van der Waals surface area contributed by atoms with Gasteiger partial charge in [0.1, 0.15) is 6.10 Å². The van der Waals surface area contributed by atoms with Gasteiger partial charge in [-0.25, -0.2) is 0 Å². The van der Waals surface area contributed by atoms with E-state index in [1.807, 2.05) is 11.8 Å². The monoisotopic (exact) mass is 280 g/mol. The first-order valence-electron chi connectivity index (χ1n) is 7.14. The van der Waals surface area contributed by atoms with E-state index in [9.17, 15) is 4.79 Å². The van der Waals surface area contributed by atoms with Crippen LogP contribution in [0, 0.1) is 6.92 Å². The first kappa shape index (κ1) is 13.5. The Kier molecular flexibility index (Phi) is 3.98. The van der Waals surface area contributed by atoms with E-state index < -0.39 is 0 Å². The molecule has 0 radical (unpaired) electrons. The van der Waals surface area contributed by atoms with Crippen LogP contribution in [-0.4, -0.2) is 64.7 Å². The van der Waals surface area contributed by atoms with Crippen molar-refractivity contribution in [3.63, 3.8) is 0 Å². The molecule has 0 N–H and O–H groups in total. The van der Waals surface area contributed by atoms with E-state index in [0.717, 1.165) is 39.0 Å². The van der Waals surface area contributed by atoms with Gasteiger partial charge in [0.25, 0.3) is 5.91 Å². The zero-order chi connectivity index (χ0) is 13.9. The van der Waals surface area contributed by atoms with E-state index >= 15 is 0 Å². The zero-order valence-corrected chi connectivity index (χ0v) is 11.7. The van der Waals surface area contributed by atoms with E-state index in [4.69, 9.17) is 9.26 Å². The molecule has 7 nitrogen and oxygen atoms in total. The summed E-state index contributed by atoms with van der Waals surface area (Å²) in [4.78, 5) is 20.5. The quantitative estimate of drug-likeness (QED) is 0.787. The van der Waals surface area contributed by atoms with Gasteiger partial charge in [-0.05, 0) is 19.8 Å². The molecule has 0 aliphatic carbocycles.